The molecule has 0 radical (unpaired) electrons. The lowest BCUT2D eigenvalue weighted by molar-refractivity contribution is -0.137. The Morgan fingerprint density at radius 1 is 1.29 bits per heavy atom. The van der Waals surface area contributed by atoms with Crippen LogP contribution in [-0.2, 0) is 25.2 Å². The standard InChI is InChI=1S/C19H24F3N5.HI/c1-23-17(24-10-14-11-26-27(2)12-14)25-13-18(7-4-8-18)15-5-3-6-16(9-15)19(20,21)22;/h3,5-6,9,11-12H,4,7-8,10,13H2,1-2H3,(H2,23,24,25);1H. The van der Waals surface area contributed by atoms with Gasteiger partial charge in [-0.2, -0.15) is 18.3 Å². The van der Waals surface area contributed by atoms with Gasteiger partial charge in [-0.05, 0) is 24.5 Å². The molecule has 5 nitrogen and oxygen atoms in total. The van der Waals surface area contributed by atoms with E-state index in [-0.39, 0.29) is 29.4 Å². The molecule has 0 aliphatic heterocycles. The third-order valence-corrected chi connectivity index (χ3v) is 5.15. The largest absolute Gasteiger partial charge is 0.416 e. The van der Waals surface area contributed by atoms with Gasteiger partial charge in [0, 0.05) is 44.4 Å². The minimum Gasteiger partial charge on any atom is -0.356 e. The molecule has 9 heteroatoms. The Morgan fingerprint density at radius 2 is 2.04 bits per heavy atom. The Balaban J connectivity index is 0.00000280. The normalized spacial score (nSPS) is 16.1. The van der Waals surface area contributed by atoms with Crippen molar-refractivity contribution in [1.29, 1.82) is 0 Å². The third kappa shape index (κ3) is 5.18. The molecule has 1 aliphatic rings. The number of rotatable bonds is 5. The van der Waals surface area contributed by atoms with Crippen LogP contribution in [0.15, 0.2) is 41.7 Å². The van der Waals surface area contributed by atoms with Crippen molar-refractivity contribution in [3.8, 4) is 0 Å². The van der Waals surface area contributed by atoms with Crippen LogP contribution in [0.3, 0.4) is 0 Å². The van der Waals surface area contributed by atoms with Crippen molar-refractivity contribution in [1.82, 2.24) is 20.4 Å². The monoisotopic (exact) mass is 507 g/mol. The van der Waals surface area contributed by atoms with Crippen molar-refractivity contribution in [2.75, 3.05) is 13.6 Å². The molecule has 1 aromatic carbocycles. The van der Waals surface area contributed by atoms with E-state index in [1.165, 1.54) is 12.1 Å². The van der Waals surface area contributed by atoms with Crippen molar-refractivity contribution in [3.05, 3.63) is 53.3 Å². The number of aliphatic imine (C=N–C) groups is 1. The van der Waals surface area contributed by atoms with Gasteiger partial charge in [0.25, 0.3) is 0 Å². The maximum Gasteiger partial charge on any atom is 0.416 e. The van der Waals surface area contributed by atoms with Crippen LogP contribution in [-0.4, -0.2) is 29.3 Å². The second-order valence-corrected chi connectivity index (χ2v) is 7.01. The van der Waals surface area contributed by atoms with Crippen LogP contribution in [0, 0.1) is 0 Å². The number of alkyl halides is 3. The fourth-order valence-corrected chi connectivity index (χ4v) is 3.42. The molecule has 2 N–H and O–H groups in total. The Labute approximate surface area is 179 Å². The number of guanidine groups is 1. The molecule has 2 aromatic rings. The van der Waals surface area contributed by atoms with Crippen LogP contribution >= 0.6 is 24.0 Å². The first-order chi connectivity index (χ1) is 12.8. The quantitative estimate of drug-likeness (QED) is 0.368. The Hall–Kier alpha value is -1.78. The van der Waals surface area contributed by atoms with E-state index >= 15 is 0 Å². The van der Waals surface area contributed by atoms with Crippen LogP contribution in [0.4, 0.5) is 13.2 Å². The summed E-state index contributed by atoms with van der Waals surface area (Å²) in [5.74, 6) is 0.622. The summed E-state index contributed by atoms with van der Waals surface area (Å²) in [5, 5.41) is 10.6. The fourth-order valence-electron chi connectivity index (χ4n) is 3.42. The van der Waals surface area contributed by atoms with E-state index in [0.29, 0.717) is 19.0 Å². The molecule has 154 valence electrons. The number of hydrogen-bond donors (Lipinski definition) is 2. The molecule has 1 heterocycles. The number of benzene rings is 1. The zero-order chi connectivity index (χ0) is 19.5. The molecule has 0 unspecified atom stereocenters. The van der Waals surface area contributed by atoms with Gasteiger partial charge in [0.15, 0.2) is 5.96 Å². The zero-order valence-corrected chi connectivity index (χ0v) is 18.2. The number of nitrogens with zero attached hydrogens (tertiary/aromatic N) is 3. The number of aryl methyl sites for hydroxylation is 1. The zero-order valence-electron chi connectivity index (χ0n) is 15.9. The fraction of sp³-hybridized carbons (Fsp3) is 0.474. The van der Waals surface area contributed by atoms with Crippen LogP contribution in [0.2, 0.25) is 0 Å². The first kappa shape index (κ1) is 22.5. The van der Waals surface area contributed by atoms with Crippen molar-refractivity contribution in [2.45, 2.75) is 37.4 Å². The first-order valence-electron chi connectivity index (χ1n) is 8.92. The summed E-state index contributed by atoms with van der Waals surface area (Å²) in [7, 11) is 3.53. The highest BCUT2D eigenvalue weighted by atomic mass is 127. The minimum atomic E-state index is -4.32. The molecule has 0 atom stereocenters. The van der Waals surface area contributed by atoms with Crippen molar-refractivity contribution >= 4 is 29.9 Å². The molecule has 0 bridgehead atoms. The lowest BCUT2D eigenvalue weighted by atomic mass is 9.64. The Kier molecular flexibility index (Phi) is 7.35. The number of hydrogen-bond acceptors (Lipinski definition) is 2. The van der Waals surface area contributed by atoms with E-state index in [2.05, 4.69) is 20.7 Å². The van der Waals surface area contributed by atoms with Gasteiger partial charge in [0.2, 0.25) is 0 Å². The van der Waals surface area contributed by atoms with Crippen molar-refractivity contribution in [3.63, 3.8) is 0 Å². The summed E-state index contributed by atoms with van der Waals surface area (Å²) in [6, 6.07) is 5.69. The Bertz CT molecular complexity index is 812. The molecule has 0 amide bonds. The number of halogens is 4. The maximum atomic E-state index is 13.1. The number of aromatic nitrogens is 2. The molecule has 28 heavy (non-hydrogen) atoms. The molecule has 1 fully saturated rings. The summed E-state index contributed by atoms with van der Waals surface area (Å²) < 4.78 is 40.9. The SMILES string of the molecule is CN=C(NCc1cnn(C)c1)NCC1(c2cccc(C(F)(F)F)c2)CCC1.I. The second-order valence-electron chi connectivity index (χ2n) is 7.01. The molecule has 3 rings (SSSR count). The summed E-state index contributed by atoms with van der Waals surface area (Å²) in [6.45, 7) is 1.12. The van der Waals surface area contributed by atoms with Gasteiger partial charge in [-0.25, -0.2) is 0 Å². The van der Waals surface area contributed by atoms with Gasteiger partial charge in [-0.1, -0.05) is 24.6 Å². The molecule has 0 saturated heterocycles. The highest BCUT2D eigenvalue weighted by Gasteiger charge is 2.40. The van der Waals surface area contributed by atoms with Gasteiger partial charge in [-0.3, -0.25) is 9.67 Å². The molecule has 0 spiro atoms. The maximum absolute atomic E-state index is 13.1. The van der Waals surface area contributed by atoms with Crippen LogP contribution in [0.25, 0.3) is 0 Å². The Morgan fingerprint density at radius 3 is 2.57 bits per heavy atom. The highest BCUT2D eigenvalue weighted by Crippen LogP contribution is 2.44. The summed E-state index contributed by atoms with van der Waals surface area (Å²) >= 11 is 0. The third-order valence-electron chi connectivity index (χ3n) is 5.15. The van der Waals surface area contributed by atoms with Gasteiger partial charge >= 0.3 is 6.18 Å². The smallest absolute Gasteiger partial charge is 0.356 e. The highest BCUT2D eigenvalue weighted by molar-refractivity contribution is 14.0. The predicted octanol–water partition coefficient (Wildman–Crippen LogP) is 3.84. The van der Waals surface area contributed by atoms with E-state index in [0.717, 1.165) is 36.5 Å². The molecular weight excluding hydrogens is 482 g/mol. The van der Waals surface area contributed by atoms with E-state index in [1.807, 2.05) is 13.2 Å². The first-order valence-corrected chi connectivity index (χ1v) is 8.92. The van der Waals surface area contributed by atoms with Gasteiger partial charge < -0.3 is 10.6 Å². The molecule has 1 aromatic heterocycles. The summed E-state index contributed by atoms with van der Waals surface area (Å²) in [4.78, 5) is 4.21. The van der Waals surface area contributed by atoms with Gasteiger partial charge in [0.05, 0.1) is 11.8 Å². The predicted molar refractivity (Wildman–Crippen MR) is 114 cm³/mol. The second kappa shape index (κ2) is 9.15. The van der Waals surface area contributed by atoms with Gasteiger partial charge in [0.1, 0.15) is 0 Å². The van der Waals surface area contributed by atoms with Crippen molar-refractivity contribution in [2.24, 2.45) is 12.0 Å². The van der Waals surface area contributed by atoms with Gasteiger partial charge in [-0.15, -0.1) is 24.0 Å². The summed E-state index contributed by atoms with van der Waals surface area (Å²) in [5.41, 5.74) is 0.883. The minimum absolute atomic E-state index is 0. The van der Waals surface area contributed by atoms with Crippen LogP contribution in [0.1, 0.15) is 36.0 Å². The average Bonchev–Trinajstić information content (AvgIpc) is 3.01. The van der Waals surface area contributed by atoms with E-state index < -0.39 is 11.7 Å². The van der Waals surface area contributed by atoms with Crippen LogP contribution < -0.4 is 10.6 Å². The molecular formula is C19H25F3IN5. The topological polar surface area (TPSA) is 54.2 Å². The molecule has 1 saturated carbocycles. The van der Waals surface area contributed by atoms with Crippen molar-refractivity contribution < 1.29 is 13.2 Å². The van der Waals surface area contributed by atoms with E-state index in [9.17, 15) is 13.2 Å². The number of nitrogens with one attached hydrogen (secondary N) is 2. The molecule has 1 aliphatic carbocycles. The van der Waals surface area contributed by atoms with E-state index in [1.54, 1.807) is 24.0 Å². The van der Waals surface area contributed by atoms with Crippen LogP contribution in [0.5, 0.6) is 0 Å². The average molecular weight is 507 g/mol. The van der Waals surface area contributed by atoms with E-state index in [4.69, 9.17) is 0 Å². The lowest BCUT2D eigenvalue weighted by Gasteiger charge is -2.43. The lowest BCUT2D eigenvalue weighted by Crippen LogP contribution is -2.48. The summed E-state index contributed by atoms with van der Waals surface area (Å²) in [6.07, 6.45) is 2.10.